The van der Waals surface area contributed by atoms with Gasteiger partial charge in [-0.3, -0.25) is 14.9 Å². The molecule has 5 nitrogen and oxygen atoms in total. The molecule has 1 fully saturated rings. The standard InChI is InChI=1S/C20H24F3N5.C2H6/c1-4-5-6-17(24-3)19-14(2)18-13-27(9-10-28(18)26-19)12-16-8-7-15(11-25-16)20(21,22)23;1-2/h4-8,11,19,26H,3,9-10,12-13H2,1-2H3;1-2H3/b5-4-,17-6-;. The second-order valence-corrected chi connectivity index (χ2v) is 6.87. The third-order valence-corrected chi connectivity index (χ3v) is 4.99. The predicted molar refractivity (Wildman–Crippen MR) is 115 cm³/mol. The number of aliphatic imine (C=N–C) groups is 1. The Morgan fingerprint density at radius 3 is 2.63 bits per heavy atom. The number of piperazine rings is 1. The molecule has 1 saturated heterocycles. The van der Waals surface area contributed by atoms with Crippen LogP contribution in [0.5, 0.6) is 0 Å². The number of halogens is 3. The molecule has 1 atom stereocenters. The highest BCUT2D eigenvalue weighted by Crippen LogP contribution is 2.30. The molecule has 0 aliphatic carbocycles. The zero-order valence-corrected chi connectivity index (χ0v) is 18.0. The molecular weight excluding hydrogens is 391 g/mol. The predicted octanol–water partition coefficient (Wildman–Crippen LogP) is 4.57. The van der Waals surface area contributed by atoms with Gasteiger partial charge in [-0.1, -0.05) is 26.0 Å². The summed E-state index contributed by atoms with van der Waals surface area (Å²) in [5.41, 5.74) is 6.57. The summed E-state index contributed by atoms with van der Waals surface area (Å²) in [4.78, 5) is 10.3. The summed E-state index contributed by atoms with van der Waals surface area (Å²) in [6, 6.07) is 2.52. The molecule has 0 spiro atoms. The van der Waals surface area contributed by atoms with Crippen LogP contribution in [0, 0.1) is 0 Å². The minimum absolute atomic E-state index is 0.0205. The lowest BCUT2D eigenvalue weighted by atomic mass is 10.0. The fourth-order valence-corrected chi connectivity index (χ4v) is 3.42. The van der Waals surface area contributed by atoms with Gasteiger partial charge in [-0.15, -0.1) is 0 Å². The Morgan fingerprint density at radius 2 is 2.07 bits per heavy atom. The molecule has 2 aliphatic heterocycles. The van der Waals surface area contributed by atoms with E-state index < -0.39 is 11.7 Å². The van der Waals surface area contributed by atoms with Gasteiger partial charge in [0.1, 0.15) is 0 Å². The van der Waals surface area contributed by atoms with Crippen molar-refractivity contribution >= 4 is 6.72 Å². The summed E-state index contributed by atoms with van der Waals surface area (Å²) in [5.74, 6) is 0. The largest absolute Gasteiger partial charge is 0.417 e. The molecule has 30 heavy (non-hydrogen) atoms. The number of nitrogens with one attached hydrogen (secondary N) is 1. The first-order valence-corrected chi connectivity index (χ1v) is 10.1. The van der Waals surface area contributed by atoms with Gasteiger partial charge in [0.25, 0.3) is 0 Å². The van der Waals surface area contributed by atoms with E-state index in [1.807, 2.05) is 39.0 Å². The van der Waals surface area contributed by atoms with Crippen molar-refractivity contribution in [1.29, 1.82) is 0 Å². The summed E-state index contributed by atoms with van der Waals surface area (Å²) in [6.45, 7) is 14.5. The maximum Gasteiger partial charge on any atom is 0.417 e. The van der Waals surface area contributed by atoms with E-state index in [1.165, 1.54) is 11.6 Å². The quantitative estimate of drug-likeness (QED) is 0.559. The molecule has 8 heteroatoms. The lowest BCUT2D eigenvalue weighted by Crippen LogP contribution is -2.48. The van der Waals surface area contributed by atoms with Crippen LogP contribution in [-0.4, -0.2) is 47.3 Å². The molecule has 0 bridgehead atoms. The zero-order chi connectivity index (χ0) is 22.3. The van der Waals surface area contributed by atoms with Crippen molar-refractivity contribution in [3.63, 3.8) is 0 Å². The molecule has 3 heterocycles. The molecule has 164 valence electrons. The van der Waals surface area contributed by atoms with Crippen molar-refractivity contribution in [3.05, 3.63) is 64.8 Å². The highest BCUT2D eigenvalue weighted by atomic mass is 19.4. The van der Waals surface area contributed by atoms with Gasteiger partial charge in [-0.2, -0.15) is 13.2 Å². The van der Waals surface area contributed by atoms with Crippen molar-refractivity contribution in [3.8, 4) is 0 Å². The van der Waals surface area contributed by atoms with Crippen LogP contribution in [0.2, 0.25) is 0 Å². The Hall–Kier alpha value is -2.45. The van der Waals surface area contributed by atoms with E-state index in [0.717, 1.165) is 36.7 Å². The van der Waals surface area contributed by atoms with Crippen LogP contribution in [0.1, 0.15) is 39.0 Å². The van der Waals surface area contributed by atoms with Crippen LogP contribution < -0.4 is 5.43 Å². The average Bonchev–Trinajstić information content (AvgIpc) is 3.06. The number of hydrogen-bond acceptors (Lipinski definition) is 5. The van der Waals surface area contributed by atoms with E-state index in [2.05, 4.69) is 39.0 Å². The van der Waals surface area contributed by atoms with E-state index in [0.29, 0.717) is 18.8 Å². The Balaban J connectivity index is 0.00000155. The van der Waals surface area contributed by atoms with Gasteiger partial charge in [-0.05, 0) is 44.3 Å². The second-order valence-electron chi connectivity index (χ2n) is 6.87. The molecule has 1 aromatic heterocycles. The van der Waals surface area contributed by atoms with Crippen LogP contribution in [0.15, 0.2) is 58.5 Å². The van der Waals surface area contributed by atoms with E-state index in [1.54, 1.807) is 0 Å². The summed E-state index contributed by atoms with van der Waals surface area (Å²) in [6.07, 6.45) is 2.35. The van der Waals surface area contributed by atoms with Crippen molar-refractivity contribution in [2.75, 3.05) is 19.6 Å². The zero-order valence-electron chi connectivity index (χ0n) is 18.0. The van der Waals surface area contributed by atoms with Gasteiger partial charge in [0.15, 0.2) is 0 Å². The van der Waals surface area contributed by atoms with Crippen LogP contribution in [0.25, 0.3) is 0 Å². The fraction of sp³-hybridized carbons (Fsp3) is 0.455. The minimum atomic E-state index is -4.36. The topological polar surface area (TPSA) is 43.8 Å². The molecule has 1 N–H and O–H groups in total. The Labute approximate surface area is 176 Å². The fourth-order valence-electron chi connectivity index (χ4n) is 3.42. The SMILES string of the molecule is C=N/C(=C\C=C/C)C1NN2CCN(Cc3ccc(C(F)(F)F)cn3)CC2=C1C.CC. The van der Waals surface area contributed by atoms with Gasteiger partial charge >= 0.3 is 6.18 Å². The minimum Gasteiger partial charge on any atom is -0.309 e. The Morgan fingerprint density at radius 1 is 1.33 bits per heavy atom. The third kappa shape index (κ3) is 5.58. The normalized spacial score (nSPS) is 20.3. The van der Waals surface area contributed by atoms with E-state index in [-0.39, 0.29) is 6.04 Å². The number of aromatic nitrogens is 1. The van der Waals surface area contributed by atoms with Crippen LogP contribution in [0.3, 0.4) is 0 Å². The number of fused-ring (bicyclic) bond motifs is 1. The lowest BCUT2D eigenvalue weighted by Gasteiger charge is -2.35. The highest BCUT2D eigenvalue weighted by Gasteiger charge is 2.34. The van der Waals surface area contributed by atoms with Crippen molar-refractivity contribution in [2.45, 2.75) is 46.5 Å². The summed E-state index contributed by atoms with van der Waals surface area (Å²) >= 11 is 0. The van der Waals surface area contributed by atoms with Gasteiger partial charge in [0.05, 0.1) is 23.0 Å². The van der Waals surface area contributed by atoms with Gasteiger partial charge in [-0.25, -0.2) is 5.43 Å². The Kier molecular flexibility index (Phi) is 8.37. The van der Waals surface area contributed by atoms with Gasteiger partial charge in [0, 0.05) is 38.1 Å². The summed E-state index contributed by atoms with van der Waals surface area (Å²) < 4.78 is 38.1. The molecule has 2 aliphatic rings. The third-order valence-electron chi connectivity index (χ3n) is 4.99. The van der Waals surface area contributed by atoms with Gasteiger partial charge < -0.3 is 5.01 Å². The number of nitrogens with zero attached hydrogens (tertiary/aromatic N) is 4. The molecule has 0 saturated carbocycles. The maximum absolute atomic E-state index is 12.7. The smallest absolute Gasteiger partial charge is 0.309 e. The number of hydrogen-bond donors (Lipinski definition) is 1. The van der Waals surface area contributed by atoms with E-state index in [9.17, 15) is 13.2 Å². The number of rotatable bonds is 5. The summed E-state index contributed by atoms with van der Waals surface area (Å²) in [7, 11) is 0. The lowest BCUT2D eigenvalue weighted by molar-refractivity contribution is -0.137. The monoisotopic (exact) mass is 421 g/mol. The summed E-state index contributed by atoms with van der Waals surface area (Å²) in [5, 5.41) is 2.13. The first-order valence-electron chi connectivity index (χ1n) is 10.1. The first-order chi connectivity index (χ1) is 14.3. The van der Waals surface area contributed by atoms with E-state index in [4.69, 9.17) is 0 Å². The van der Waals surface area contributed by atoms with Crippen LogP contribution in [0.4, 0.5) is 13.2 Å². The van der Waals surface area contributed by atoms with Crippen molar-refractivity contribution < 1.29 is 13.2 Å². The molecule has 0 aromatic carbocycles. The van der Waals surface area contributed by atoms with Crippen LogP contribution >= 0.6 is 0 Å². The van der Waals surface area contributed by atoms with Crippen molar-refractivity contribution in [1.82, 2.24) is 20.3 Å². The average molecular weight is 422 g/mol. The number of allylic oxidation sites excluding steroid dienone is 3. The molecule has 0 amide bonds. The molecule has 1 unspecified atom stereocenters. The van der Waals surface area contributed by atoms with Crippen molar-refractivity contribution in [2.24, 2.45) is 4.99 Å². The van der Waals surface area contributed by atoms with Gasteiger partial charge in [0.2, 0.25) is 0 Å². The molecule has 1 aromatic rings. The molecule has 0 radical (unpaired) electrons. The number of hydrazine groups is 1. The number of pyridine rings is 1. The number of alkyl halides is 3. The van der Waals surface area contributed by atoms with Crippen LogP contribution in [-0.2, 0) is 12.7 Å². The first kappa shape index (κ1) is 23.8. The second kappa shape index (κ2) is 10.5. The maximum atomic E-state index is 12.7. The molecule has 3 rings (SSSR count). The highest BCUT2D eigenvalue weighted by molar-refractivity contribution is 5.39. The van der Waals surface area contributed by atoms with E-state index >= 15 is 0 Å². The Bertz CT molecular complexity index is 809. The molecular formula is C22H30F3N5.